The zero-order valence-electron chi connectivity index (χ0n) is 12.1. The second kappa shape index (κ2) is 7.33. The number of hydrogen-bond acceptors (Lipinski definition) is 4. The van der Waals surface area contributed by atoms with Crippen LogP contribution in [0.25, 0.3) is 0 Å². The average molecular weight is 307 g/mol. The Kier molecular flexibility index (Phi) is 5.47. The minimum absolute atomic E-state index is 0.136. The van der Waals surface area contributed by atoms with E-state index in [0.717, 1.165) is 15.3 Å². The zero-order valence-corrected chi connectivity index (χ0v) is 12.9. The number of methoxy groups -OCH3 is 1. The summed E-state index contributed by atoms with van der Waals surface area (Å²) in [6.45, 7) is 2.75. The van der Waals surface area contributed by atoms with Gasteiger partial charge in [-0.1, -0.05) is 12.1 Å². The lowest BCUT2D eigenvalue weighted by Gasteiger charge is -2.13. The number of esters is 1. The molecule has 0 aliphatic carbocycles. The molecule has 112 valence electrons. The molecule has 3 nitrogen and oxygen atoms in total. The summed E-state index contributed by atoms with van der Waals surface area (Å²) in [5.74, 6) is -0.451. The summed E-state index contributed by atoms with van der Waals surface area (Å²) in [5, 5.41) is 3.39. The van der Waals surface area contributed by atoms with Crippen LogP contribution < -0.4 is 5.32 Å². The van der Waals surface area contributed by atoms with Crippen molar-refractivity contribution in [3.63, 3.8) is 0 Å². The van der Waals surface area contributed by atoms with Gasteiger partial charge in [-0.05, 0) is 36.8 Å². The second-order valence-corrected chi connectivity index (χ2v) is 6.03. The molecule has 5 heteroatoms. The van der Waals surface area contributed by atoms with Crippen LogP contribution in [0.15, 0.2) is 36.4 Å². The van der Waals surface area contributed by atoms with E-state index in [-0.39, 0.29) is 17.8 Å². The van der Waals surface area contributed by atoms with E-state index in [0.29, 0.717) is 13.0 Å². The van der Waals surface area contributed by atoms with Crippen molar-refractivity contribution in [2.75, 3.05) is 7.11 Å². The Balaban J connectivity index is 1.88. The third kappa shape index (κ3) is 4.65. The van der Waals surface area contributed by atoms with Crippen LogP contribution >= 0.6 is 11.3 Å². The largest absolute Gasteiger partial charge is 0.469 e. The fraction of sp³-hybridized carbons (Fsp3) is 0.312. The molecule has 0 saturated carbocycles. The first-order valence-corrected chi connectivity index (χ1v) is 7.53. The Morgan fingerprint density at radius 1 is 1.24 bits per heavy atom. The van der Waals surface area contributed by atoms with Crippen LogP contribution in [0.4, 0.5) is 4.39 Å². The van der Waals surface area contributed by atoms with Crippen LogP contribution in [-0.4, -0.2) is 13.1 Å². The highest BCUT2D eigenvalue weighted by atomic mass is 32.1. The van der Waals surface area contributed by atoms with Gasteiger partial charge in [0.2, 0.25) is 0 Å². The number of ether oxygens (including phenoxy) is 1. The first-order chi connectivity index (χ1) is 10.1. The highest BCUT2D eigenvalue weighted by molar-refractivity contribution is 7.12. The maximum Gasteiger partial charge on any atom is 0.310 e. The monoisotopic (exact) mass is 307 g/mol. The van der Waals surface area contributed by atoms with E-state index in [4.69, 9.17) is 0 Å². The summed E-state index contributed by atoms with van der Waals surface area (Å²) in [6.07, 6.45) is 0.314. The Bertz CT molecular complexity index is 595. The van der Waals surface area contributed by atoms with E-state index in [2.05, 4.69) is 10.1 Å². The first kappa shape index (κ1) is 15.7. The number of thiophene rings is 1. The maximum atomic E-state index is 12.9. The van der Waals surface area contributed by atoms with Crippen molar-refractivity contribution in [1.82, 2.24) is 5.32 Å². The summed E-state index contributed by atoms with van der Waals surface area (Å²) in [4.78, 5) is 13.4. The van der Waals surface area contributed by atoms with E-state index in [1.54, 1.807) is 23.5 Å². The van der Waals surface area contributed by atoms with Crippen LogP contribution in [0, 0.1) is 5.82 Å². The van der Waals surface area contributed by atoms with Crippen molar-refractivity contribution in [3.8, 4) is 0 Å². The quantitative estimate of drug-likeness (QED) is 0.831. The van der Waals surface area contributed by atoms with Crippen molar-refractivity contribution >= 4 is 17.3 Å². The number of halogens is 1. The maximum absolute atomic E-state index is 12.9. The summed E-state index contributed by atoms with van der Waals surface area (Å²) >= 11 is 1.59. The zero-order chi connectivity index (χ0) is 15.2. The van der Waals surface area contributed by atoms with Crippen LogP contribution in [0.2, 0.25) is 0 Å². The van der Waals surface area contributed by atoms with E-state index < -0.39 is 0 Å². The molecule has 0 aliphatic rings. The van der Waals surface area contributed by atoms with Gasteiger partial charge in [0, 0.05) is 22.3 Å². The second-order valence-electron chi connectivity index (χ2n) is 4.78. The normalized spacial score (nSPS) is 12.1. The van der Waals surface area contributed by atoms with Crippen LogP contribution in [-0.2, 0) is 22.5 Å². The van der Waals surface area contributed by atoms with Crippen molar-refractivity contribution in [2.45, 2.75) is 25.9 Å². The Hall–Kier alpha value is -1.72. The summed E-state index contributed by atoms with van der Waals surface area (Å²) in [6, 6.07) is 10.6. The van der Waals surface area contributed by atoms with Crippen LogP contribution in [0.1, 0.15) is 28.3 Å². The summed E-state index contributed by atoms with van der Waals surface area (Å²) < 4.78 is 17.5. The van der Waals surface area contributed by atoms with Gasteiger partial charge in [0.15, 0.2) is 0 Å². The lowest BCUT2D eigenvalue weighted by Crippen LogP contribution is -2.17. The van der Waals surface area contributed by atoms with E-state index in [1.807, 2.05) is 19.1 Å². The van der Waals surface area contributed by atoms with E-state index in [1.165, 1.54) is 19.2 Å². The number of nitrogens with one attached hydrogen (secondary N) is 1. The molecule has 0 aliphatic heterocycles. The third-order valence-corrected chi connectivity index (χ3v) is 4.30. The van der Waals surface area contributed by atoms with Gasteiger partial charge in [0.1, 0.15) is 5.82 Å². The molecule has 0 fully saturated rings. The SMILES string of the molecule is COC(=O)Cc1ccc(CN[C@@H](C)c2ccc(F)cc2)s1. The molecule has 0 spiro atoms. The van der Waals surface area contributed by atoms with Gasteiger partial charge in [0.05, 0.1) is 13.5 Å². The standard InChI is InChI=1S/C16H18FNO2S/c1-11(12-3-5-13(17)6-4-12)18-10-15-8-7-14(21-15)9-16(19)20-2/h3-8,11,18H,9-10H2,1-2H3/t11-/m0/s1. The molecule has 1 aromatic carbocycles. The van der Waals surface area contributed by atoms with E-state index in [9.17, 15) is 9.18 Å². The number of benzene rings is 1. The van der Waals surface area contributed by atoms with Gasteiger partial charge in [-0.3, -0.25) is 4.79 Å². The molecule has 1 heterocycles. The van der Waals surface area contributed by atoms with Gasteiger partial charge >= 0.3 is 5.97 Å². The highest BCUT2D eigenvalue weighted by Gasteiger charge is 2.08. The molecule has 2 aromatic rings. The highest BCUT2D eigenvalue weighted by Crippen LogP contribution is 2.19. The van der Waals surface area contributed by atoms with Gasteiger partial charge < -0.3 is 10.1 Å². The molecular formula is C16H18FNO2S. The molecule has 1 atom stereocenters. The molecule has 0 unspecified atom stereocenters. The van der Waals surface area contributed by atoms with Gasteiger partial charge in [0.25, 0.3) is 0 Å². The molecule has 0 saturated heterocycles. The summed E-state index contributed by atoms with van der Waals surface area (Å²) in [7, 11) is 1.39. The first-order valence-electron chi connectivity index (χ1n) is 6.71. The molecule has 2 rings (SSSR count). The number of carbonyl (C=O) groups is 1. The van der Waals surface area contributed by atoms with Crippen LogP contribution in [0.5, 0.6) is 0 Å². The van der Waals surface area contributed by atoms with Crippen molar-refractivity contribution < 1.29 is 13.9 Å². The van der Waals surface area contributed by atoms with Crippen molar-refractivity contribution in [3.05, 3.63) is 57.5 Å². The van der Waals surface area contributed by atoms with Gasteiger partial charge in [-0.2, -0.15) is 0 Å². The predicted octanol–water partition coefficient (Wildman–Crippen LogP) is 3.45. The minimum atomic E-state index is -0.226. The fourth-order valence-electron chi connectivity index (χ4n) is 1.95. The smallest absolute Gasteiger partial charge is 0.310 e. The molecule has 1 N–H and O–H groups in total. The predicted molar refractivity (Wildman–Crippen MR) is 81.7 cm³/mol. The Morgan fingerprint density at radius 2 is 1.90 bits per heavy atom. The molecule has 0 radical (unpaired) electrons. The van der Waals surface area contributed by atoms with Gasteiger partial charge in [-0.15, -0.1) is 11.3 Å². The lowest BCUT2D eigenvalue weighted by molar-refractivity contribution is -0.139. The van der Waals surface area contributed by atoms with Crippen molar-refractivity contribution in [2.24, 2.45) is 0 Å². The van der Waals surface area contributed by atoms with Gasteiger partial charge in [-0.25, -0.2) is 4.39 Å². The molecular weight excluding hydrogens is 289 g/mol. The molecule has 21 heavy (non-hydrogen) atoms. The Labute approximate surface area is 127 Å². The third-order valence-electron chi connectivity index (χ3n) is 3.22. The minimum Gasteiger partial charge on any atom is -0.469 e. The molecule has 0 bridgehead atoms. The molecule has 0 amide bonds. The van der Waals surface area contributed by atoms with Crippen molar-refractivity contribution in [1.29, 1.82) is 0 Å². The number of rotatable bonds is 6. The Morgan fingerprint density at radius 3 is 2.57 bits per heavy atom. The number of hydrogen-bond donors (Lipinski definition) is 1. The molecule has 1 aromatic heterocycles. The van der Waals surface area contributed by atoms with E-state index >= 15 is 0 Å². The topological polar surface area (TPSA) is 38.3 Å². The summed E-state index contributed by atoms with van der Waals surface area (Å²) in [5.41, 5.74) is 1.04. The van der Waals surface area contributed by atoms with Crippen LogP contribution in [0.3, 0.4) is 0 Å². The number of carbonyl (C=O) groups excluding carboxylic acids is 1. The lowest BCUT2D eigenvalue weighted by atomic mass is 10.1. The fourth-order valence-corrected chi connectivity index (χ4v) is 2.90. The average Bonchev–Trinajstić information content (AvgIpc) is 2.93.